The van der Waals surface area contributed by atoms with Gasteiger partial charge in [-0.3, -0.25) is 15.1 Å². The van der Waals surface area contributed by atoms with Gasteiger partial charge in [-0.2, -0.15) is 0 Å². The molecule has 1 amide bonds. The lowest BCUT2D eigenvalue weighted by Crippen LogP contribution is -2.36. The van der Waals surface area contributed by atoms with Crippen LogP contribution in [0.25, 0.3) is 0 Å². The predicted octanol–water partition coefficient (Wildman–Crippen LogP) is 4.43. The van der Waals surface area contributed by atoms with Gasteiger partial charge in [-0.25, -0.2) is 4.79 Å². The molecule has 7 heteroatoms. The smallest absolute Gasteiger partial charge is 0.413 e. The summed E-state index contributed by atoms with van der Waals surface area (Å²) in [5.74, 6) is 1.59. The number of nitrogens with two attached hydrogens (primary N) is 1. The van der Waals surface area contributed by atoms with Crippen LogP contribution < -0.4 is 11.1 Å². The summed E-state index contributed by atoms with van der Waals surface area (Å²) in [5.41, 5.74) is 5.00. The van der Waals surface area contributed by atoms with Crippen LogP contribution in [0.15, 0.2) is 4.99 Å². The normalized spacial score (nSPS) is 20.2. The van der Waals surface area contributed by atoms with E-state index in [0.717, 1.165) is 13.1 Å². The van der Waals surface area contributed by atoms with Gasteiger partial charge < -0.3 is 15.2 Å². The number of carbonyl (C=O) groups is 2. The molecule has 0 saturated heterocycles. The molecule has 0 aliphatic heterocycles. The topological polar surface area (TPSA) is 103 Å². The third-order valence-electron chi connectivity index (χ3n) is 4.32. The highest BCUT2D eigenvalue weighted by Gasteiger charge is 2.23. The number of amides is 1. The van der Waals surface area contributed by atoms with Crippen molar-refractivity contribution in [3.8, 4) is 0 Å². The minimum Gasteiger partial charge on any atom is -0.460 e. The molecule has 3 N–H and O–H groups in total. The highest BCUT2D eigenvalue weighted by atomic mass is 16.6. The molecule has 1 aliphatic carbocycles. The highest BCUT2D eigenvalue weighted by Crippen LogP contribution is 2.29. The summed E-state index contributed by atoms with van der Waals surface area (Å²) in [6.45, 7) is 16.2. The Balaban J connectivity index is 0.000000734. The quantitative estimate of drug-likeness (QED) is 0.403. The molecule has 170 valence electrons. The Labute approximate surface area is 177 Å². The molecule has 2 unspecified atom stereocenters. The number of ether oxygens (including phenoxy) is 2. The lowest BCUT2D eigenvalue weighted by molar-refractivity contribution is -0.154. The van der Waals surface area contributed by atoms with E-state index in [1.165, 1.54) is 25.7 Å². The number of aliphatic imine (C=N–C) groups is 1. The highest BCUT2D eigenvalue weighted by molar-refractivity contribution is 5.93. The van der Waals surface area contributed by atoms with Crippen molar-refractivity contribution in [1.82, 2.24) is 5.32 Å². The van der Waals surface area contributed by atoms with Crippen molar-refractivity contribution in [3.05, 3.63) is 0 Å². The molecule has 0 spiro atoms. The van der Waals surface area contributed by atoms with E-state index in [0.29, 0.717) is 24.1 Å². The second kappa shape index (κ2) is 12.8. The molecular weight excluding hydrogens is 370 g/mol. The number of nitrogens with one attached hydrogen (secondary N) is 1. The Hall–Kier alpha value is -1.63. The second-order valence-corrected chi connectivity index (χ2v) is 9.53. The Kier molecular flexibility index (Phi) is 12.1. The summed E-state index contributed by atoms with van der Waals surface area (Å²) in [7, 11) is 0. The van der Waals surface area contributed by atoms with Gasteiger partial charge >= 0.3 is 12.1 Å². The number of amidine groups is 1. The molecule has 1 fully saturated rings. The fraction of sp³-hybridized carbons (Fsp3) is 0.864. The first-order valence-electron chi connectivity index (χ1n) is 10.7. The minimum absolute atomic E-state index is 0.137. The summed E-state index contributed by atoms with van der Waals surface area (Å²) >= 11 is 0. The molecule has 2 atom stereocenters. The number of alkyl carbamates (subject to hydrolysis) is 1. The fourth-order valence-corrected chi connectivity index (χ4v) is 2.99. The lowest BCUT2D eigenvalue weighted by atomic mass is 9.79. The van der Waals surface area contributed by atoms with E-state index >= 15 is 0 Å². The molecule has 0 aromatic heterocycles. The summed E-state index contributed by atoms with van der Waals surface area (Å²) < 4.78 is 10.1. The van der Waals surface area contributed by atoms with Crippen LogP contribution in [0.3, 0.4) is 0 Å². The fourth-order valence-electron chi connectivity index (χ4n) is 2.99. The zero-order chi connectivity index (χ0) is 22.7. The molecule has 1 rings (SSSR count). The maximum Gasteiger partial charge on any atom is 0.413 e. The number of esters is 1. The van der Waals surface area contributed by atoms with E-state index in [9.17, 15) is 9.59 Å². The van der Waals surface area contributed by atoms with Crippen LogP contribution in [0.2, 0.25) is 0 Å². The monoisotopic (exact) mass is 413 g/mol. The molecular formula is C22H43N3O4. The van der Waals surface area contributed by atoms with Gasteiger partial charge in [-0.1, -0.05) is 19.8 Å². The standard InChI is InChI=1S/C15H29N3O2.C7H14O2/c1-11(18-14(19)20-15(2,3)4)17-10-13-8-6-5-7-12(13)9-16;1-5-6(8)9-7(2,3)4/h12-13H,5-10,16H2,1-4H3,(H,17,18,19);5H2,1-4H3. The van der Waals surface area contributed by atoms with E-state index in [-0.39, 0.29) is 11.6 Å². The average Bonchev–Trinajstić information content (AvgIpc) is 2.57. The first kappa shape index (κ1) is 27.4. The van der Waals surface area contributed by atoms with Gasteiger partial charge in [0.25, 0.3) is 0 Å². The maximum absolute atomic E-state index is 11.6. The molecule has 1 aliphatic rings. The van der Waals surface area contributed by atoms with Gasteiger partial charge in [-0.15, -0.1) is 0 Å². The van der Waals surface area contributed by atoms with Crippen molar-refractivity contribution in [2.24, 2.45) is 22.6 Å². The van der Waals surface area contributed by atoms with Crippen LogP contribution >= 0.6 is 0 Å². The zero-order valence-electron chi connectivity index (χ0n) is 19.8. The predicted molar refractivity (Wildman–Crippen MR) is 118 cm³/mol. The zero-order valence-corrected chi connectivity index (χ0v) is 19.8. The summed E-state index contributed by atoms with van der Waals surface area (Å²) in [4.78, 5) is 26.7. The largest absolute Gasteiger partial charge is 0.460 e. The lowest BCUT2D eigenvalue weighted by Gasteiger charge is -2.29. The first-order chi connectivity index (χ1) is 13.3. The van der Waals surface area contributed by atoms with Gasteiger partial charge in [-0.05, 0) is 79.7 Å². The van der Waals surface area contributed by atoms with Crippen molar-refractivity contribution >= 4 is 17.9 Å². The van der Waals surface area contributed by atoms with E-state index in [4.69, 9.17) is 15.2 Å². The molecule has 0 heterocycles. The molecule has 0 aromatic rings. The number of nitrogens with zero attached hydrogens (tertiary/aromatic N) is 1. The number of hydrogen-bond donors (Lipinski definition) is 2. The van der Waals surface area contributed by atoms with Crippen molar-refractivity contribution in [3.63, 3.8) is 0 Å². The van der Waals surface area contributed by atoms with Crippen molar-refractivity contribution < 1.29 is 19.1 Å². The number of rotatable bonds is 4. The third kappa shape index (κ3) is 14.9. The van der Waals surface area contributed by atoms with E-state index < -0.39 is 11.7 Å². The van der Waals surface area contributed by atoms with Crippen molar-refractivity contribution in [1.29, 1.82) is 0 Å². The molecule has 0 aromatic carbocycles. The number of hydrogen-bond acceptors (Lipinski definition) is 6. The molecule has 29 heavy (non-hydrogen) atoms. The van der Waals surface area contributed by atoms with Gasteiger partial charge in [0.05, 0.1) is 0 Å². The third-order valence-corrected chi connectivity index (χ3v) is 4.32. The van der Waals surface area contributed by atoms with Gasteiger partial charge in [0, 0.05) is 13.0 Å². The van der Waals surface area contributed by atoms with Crippen molar-refractivity contribution in [2.75, 3.05) is 13.1 Å². The summed E-state index contributed by atoms with van der Waals surface area (Å²) in [5, 5.41) is 2.67. The first-order valence-corrected chi connectivity index (χ1v) is 10.7. The number of carbonyl (C=O) groups excluding carboxylic acids is 2. The Morgan fingerprint density at radius 2 is 1.52 bits per heavy atom. The molecule has 0 bridgehead atoms. The van der Waals surface area contributed by atoms with E-state index in [2.05, 4.69) is 10.3 Å². The van der Waals surface area contributed by atoms with Crippen LogP contribution in [-0.4, -0.2) is 42.2 Å². The van der Waals surface area contributed by atoms with Gasteiger partial charge in [0.2, 0.25) is 0 Å². The molecule has 7 nitrogen and oxygen atoms in total. The van der Waals surface area contributed by atoms with Gasteiger partial charge in [0.1, 0.15) is 17.0 Å². The van der Waals surface area contributed by atoms with Crippen LogP contribution in [0, 0.1) is 11.8 Å². The van der Waals surface area contributed by atoms with E-state index in [1.54, 1.807) is 13.8 Å². The molecule has 1 saturated carbocycles. The SMILES string of the molecule is CC(=NCC1CCCCC1CN)NC(=O)OC(C)(C)C.CCC(=O)OC(C)(C)C. The maximum atomic E-state index is 11.6. The second-order valence-electron chi connectivity index (χ2n) is 9.53. The summed E-state index contributed by atoms with van der Waals surface area (Å²) in [6, 6.07) is 0. The van der Waals surface area contributed by atoms with E-state index in [1.807, 2.05) is 41.5 Å². The average molecular weight is 414 g/mol. The van der Waals surface area contributed by atoms with Crippen LogP contribution in [0.4, 0.5) is 4.79 Å². The van der Waals surface area contributed by atoms with Crippen molar-refractivity contribution in [2.45, 2.75) is 98.7 Å². The van der Waals surface area contributed by atoms with Crippen LogP contribution in [0.5, 0.6) is 0 Å². The van der Waals surface area contributed by atoms with Crippen LogP contribution in [-0.2, 0) is 14.3 Å². The van der Waals surface area contributed by atoms with Gasteiger partial charge in [0.15, 0.2) is 0 Å². The molecule has 0 radical (unpaired) electrons. The summed E-state index contributed by atoms with van der Waals surface area (Å²) in [6.07, 6.45) is 4.93. The Morgan fingerprint density at radius 3 is 1.93 bits per heavy atom. The Morgan fingerprint density at radius 1 is 1.00 bits per heavy atom. The Bertz CT molecular complexity index is 533. The van der Waals surface area contributed by atoms with Crippen LogP contribution in [0.1, 0.15) is 87.5 Å². The minimum atomic E-state index is -0.488.